The molecule has 1 heterocycles. The van der Waals surface area contributed by atoms with Crippen molar-refractivity contribution in [2.75, 3.05) is 6.54 Å². The fraction of sp³-hybridized carbons (Fsp3) is 0.812. The van der Waals surface area contributed by atoms with Crippen LogP contribution < -0.4 is 5.73 Å². The minimum atomic E-state index is 0.428. The van der Waals surface area contributed by atoms with E-state index in [4.69, 9.17) is 5.73 Å². The molecule has 1 aliphatic carbocycles. The summed E-state index contributed by atoms with van der Waals surface area (Å²) in [6.07, 6.45) is 7.94. The molecule has 3 heteroatoms. The molecule has 0 saturated heterocycles. The fourth-order valence-electron chi connectivity index (χ4n) is 3.41. The van der Waals surface area contributed by atoms with Crippen LogP contribution in [0.3, 0.4) is 0 Å². The largest absolute Gasteiger partial charge is 0.331 e. The van der Waals surface area contributed by atoms with Gasteiger partial charge < -0.3 is 10.3 Å². The van der Waals surface area contributed by atoms with E-state index in [0.717, 1.165) is 11.8 Å². The van der Waals surface area contributed by atoms with E-state index in [1.165, 1.54) is 25.0 Å². The predicted octanol–water partition coefficient (Wildman–Crippen LogP) is 3.58. The van der Waals surface area contributed by atoms with Gasteiger partial charge in [0.15, 0.2) is 0 Å². The molecule has 19 heavy (non-hydrogen) atoms. The molecule has 0 aromatic carbocycles. The summed E-state index contributed by atoms with van der Waals surface area (Å²) in [5.74, 6) is 2.67. The summed E-state index contributed by atoms with van der Waals surface area (Å²) in [5, 5.41) is 0. The van der Waals surface area contributed by atoms with Crippen molar-refractivity contribution in [3.05, 3.63) is 18.2 Å². The summed E-state index contributed by atoms with van der Waals surface area (Å²) < 4.78 is 2.42. The molecule has 0 spiro atoms. The highest BCUT2D eigenvalue weighted by atomic mass is 15.1. The predicted molar refractivity (Wildman–Crippen MR) is 80.1 cm³/mol. The summed E-state index contributed by atoms with van der Waals surface area (Å²) in [5.41, 5.74) is 7.31. The quantitative estimate of drug-likeness (QED) is 0.902. The van der Waals surface area contributed by atoms with Gasteiger partial charge in [0.25, 0.3) is 0 Å². The maximum atomic E-state index is 5.97. The minimum absolute atomic E-state index is 0.428. The van der Waals surface area contributed by atoms with E-state index in [-0.39, 0.29) is 0 Å². The van der Waals surface area contributed by atoms with Crippen molar-refractivity contribution in [2.45, 2.75) is 58.9 Å². The third-order valence-corrected chi connectivity index (χ3v) is 5.10. The van der Waals surface area contributed by atoms with Gasteiger partial charge in [0.2, 0.25) is 0 Å². The standard InChI is InChI=1S/C16H29N3/c1-11(2)15(8-17)16-9-18-10-19(16)14-6-5-12(3)13(4)7-14/h9-15H,5-8,17H2,1-4H3. The van der Waals surface area contributed by atoms with Crippen molar-refractivity contribution in [3.8, 4) is 0 Å². The van der Waals surface area contributed by atoms with Crippen LogP contribution in [0.2, 0.25) is 0 Å². The first-order valence-electron chi connectivity index (χ1n) is 7.76. The molecule has 3 nitrogen and oxygen atoms in total. The molecular formula is C16H29N3. The summed E-state index contributed by atoms with van der Waals surface area (Å²) >= 11 is 0. The number of nitrogens with two attached hydrogens (primary N) is 1. The Balaban J connectivity index is 2.19. The van der Waals surface area contributed by atoms with Crippen LogP contribution in [0, 0.1) is 17.8 Å². The molecule has 1 aromatic rings. The van der Waals surface area contributed by atoms with E-state index >= 15 is 0 Å². The Morgan fingerprint density at radius 2 is 2.05 bits per heavy atom. The maximum Gasteiger partial charge on any atom is 0.0950 e. The summed E-state index contributed by atoms with van der Waals surface area (Å²) in [4.78, 5) is 4.40. The zero-order chi connectivity index (χ0) is 14.0. The molecule has 108 valence electrons. The Hall–Kier alpha value is -0.830. The van der Waals surface area contributed by atoms with Gasteiger partial charge in [-0.3, -0.25) is 0 Å². The Labute approximate surface area is 117 Å². The molecule has 0 amide bonds. The Morgan fingerprint density at radius 3 is 2.63 bits per heavy atom. The first kappa shape index (κ1) is 14.6. The minimum Gasteiger partial charge on any atom is -0.331 e. The van der Waals surface area contributed by atoms with Crippen LogP contribution >= 0.6 is 0 Å². The number of imidazole rings is 1. The van der Waals surface area contributed by atoms with Gasteiger partial charge in [0, 0.05) is 30.4 Å². The van der Waals surface area contributed by atoms with Gasteiger partial charge in [0.1, 0.15) is 0 Å². The van der Waals surface area contributed by atoms with Crippen LogP contribution in [-0.2, 0) is 0 Å². The van der Waals surface area contributed by atoms with Crippen LogP contribution in [0.1, 0.15) is 64.6 Å². The first-order chi connectivity index (χ1) is 9.04. The molecule has 4 atom stereocenters. The highest BCUT2D eigenvalue weighted by molar-refractivity contribution is 5.10. The van der Waals surface area contributed by atoms with Gasteiger partial charge >= 0.3 is 0 Å². The molecule has 1 saturated carbocycles. The van der Waals surface area contributed by atoms with E-state index in [9.17, 15) is 0 Å². The lowest BCUT2D eigenvalue weighted by molar-refractivity contribution is 0.206. The molecule has 4 unspecified atom stereocenters. The van der Waals surface area contributed by atoms with E-state index < -0.39 is 0 Å². The van der Waals surface area contributed by atoms with Gasteiger partial charge in [-0.15, -0.1) is 0 Å². The third kappa shape index (κ3) is 3.02. The van der Waals surface area contributed by atoms with Crippen molar-refractivity contribution in [1.29, 1.82) is 0 Å². The summed E-state index contributed by atoms with van der Waals surface area (Å²) in [6.45, 7) is 9.98. The van der Waals surface area contributed by atoms with Crippen molar-refractivity contribution in [2.24, 2.45) is 23.5 Å². The second kappa shape index (κ2) is 6.08. The molecule has 1 fully saturated rings. The average Bonchev–Trinajstić information content (AvgIpc) is 2.82. The number of hydrogen-bond donors (Lipinski definition) is 1. The molecule has 2 N–H and O–H groups in total. The van der Waals surface area contributed by atoms with E-state index in [1.807, 2.05) is 12.5 Å². The summed E-state index contributed by atoms with van der Waals surface area (Å²) in [6, 6.07) is 0.622. The maximum absolute atomic E-state index is 5.97. The van der Waals surface area contributed by atoms with Gasteiger partial charge in [-0.1, -0.05) is 27.7 Å². The normalized spacial score (nSPS) is 29.7. The first-order valence-corrected chi connectivity index (χ1v) is 7.76. The average molecular weight is 263 g/mol. The molecule has 1 aliphatic rings. The lowest BCUT2D eigenvalue weighted by atomic mass is 9.78. The van der Waals surface area contributed by atoms with Gasteiger partial charge in [-0.05, 0) is 37.0 Å². The highest BCUT2D eigenvalue weighted by Gasteiger charge is 2.28. The van der Waals surface area contributed by atoms with Crippen molar-refractivity contribution < 1.29 is 0 Å². The smallest absolute Gasteiger partial charge is 0.0950 e. The van der Waals surface area contributed by atoms with Gasteiger partial charge in [0.05, 0.1) is 6.33 Å². The number of aromatic nitrogens is 2. The molecule has 0 aliphatic heterocycles. The number of rotatable bonds is 4. The lowest BCUT2D eigenvalue weighted by Gasteiger charge is -2.34. The zero-order valence-corrected chi connectivity index (χ0v) is 12.8. The van der Waals surface area contributed by atoms with Gasteiger partial charge in [-0.25, -0.2) is 4.98 Å². The Bertz CT molecular complexity index is 396. The van der Waals surface area contributed by atoms with E-state index in [1.54, 1.807) is 0 Å². The fourth-order valence-corrected chi connectivity index (χ4v) is 3.41. The zero-order valence-electron chi connectivity index (χ0n) is 12.8. The Kier molecular flexibility index (Phi) is 4.67. The van der Waals surface area contributed by atoms with Crippen molar-refractivity contribution >= 4 is 0 Å². The van der Waals surface area contributed by atoms with Crippen LogP contribution in [0.4, 0.5) is 0 Å². The number of nitrogens with zero attached hydrogens (tertiary/aromatic N) is 2. The second-order valence-corrected chi connectivity index (χ2v) is 6.73. The van der Waals surface area contributed by atoms with Crippen LogP contribution in [0.15, 0.2) is 12.5 Å². The van der Waals surface area contributed by atoms with Gasteiger partial charge in [-0.2, -0.15) is 0 Å². The molecule has 0 radical (unpaired) electrons. The molecule has 1 aromatic heterocycles. The van der Waals surface area contributed by atoms with E-state index in [0.29, 0.717) is 24.4 Å². The van der Waals surface area contributed by atoms with Crippen LogP contribution in [0.25, 0.3) is 0 Å². The SMILES string of the molecule is CC(C)C(CN)c1cncn1C1CCC(C)C(C)C1. The topological polar surface area (TPSA) is 43.8 Å². The second-order valence-electron chi connectivity index (χ2n) is 6.73. The van der Waals surface area contributed by atoms with Crippen LogP contribution in [-0.4, -0.2) is 16.1 Å². The van der Waals surface area contributed by atoms with Crippen molar-refractivity contribution in [1.82, 2.24) is 9.55 Å². The molecule has 0 bridgehead atoms. The Morgan fingerprint density at radius 1 is 1.32 bits per heavy atom. The number of hydrogen-bond acceptors (Lipinski definition) is 2. The monoisotopic (exact) mass is 263 g/mol. The summed E-state index contributed by atoms with van der Waals surface area (Å²) in [7, 11) is 0. The molecule has 2 rings (SSSR count). The van der Waals surface area contributed by atoms with E-state index in [2.05, 4.69) is 37.2 Å². The lowest BCUT2D eigenvalue weighted by Crippen LogP contribution is -2.27. The highest BCUT2D eigenvalue weighted by Crippen LogP contribution is 2.38. The van der Waals surface area contributed by atoms with Crippen molar-refractivity contribution in [3.63, 3.8) is 0 Å². The molecular weight excluding hydrogens is 234 g/mol. The third-order valence-electron chi connectivity index (χ3n) is 5.10. The van der Waals surface area contributed by atoms with Crippen LogP contribution in [0.5, 0.6) is 0 Å².